The van der Waals surface area contributed by atoms with Gasteiger partial charge in [-0.1, -0.05) is 0 Å². The molecular formula is C21H19FN2O5S. The Bertz CT molecular complexity index is 1150. The van der Waals surface area contributed by atoms with Crippen LogP contribution in [-0.4, -0.2) is 28.5 Å². The third-order valence-electron chi connectivity index (χ3n) is 4.18. The van der Waals surface area contributed by atoms with Crippen LogP contribution in [0, 0.1) is 5.82 Å². The summed E-state index contributed by atoms with van der Waals surface area (Å²) in [7, 11) is -1.03. The molecule has 0 fully saturated rings. The van der Waals surface area contributed by atoms with Gasteiger partial charge in [-0.25, -0.2) is 12.8 Å². The summed E-state index contributed by atoms with van der Waals surface area (Å²) in [5.74, 6) is -0.144. The number of hydrogen-bond acceptors (Lipinski definition) is 5. The van der Waals surface area contributed by atoms with Crippen LogP contribution in [0.1, 0.15) is 10.4 Å². The van der Waals surface area contributed by atoms with E-state index >= 15 is 0 Å². The number of carbonyl (C=O) groups excluding carboxylic acids is 1. The molecule has 0 heterocycles. The van der Waals surface area contributed by atoms with Crippen LogP contribution in [0.25, 0.3) is 0 Å². The van der Waals surface area contributed by atoms with Gasteiger partial charge in [0.15, 0.2) is 0 Å². The van der Waals surface area contributed by atoms with E-state index in [9.17, 15) is 17.6 Å². The predicted octanol–water partition coefficient (Wildman–Crippen LogP) is 3.90. The molecule has 9 heteroatoms. The number of hydrogen-bond donors (Lipinski definition) is 2. The van der Waals surface area contributed by atoms with Crippen LogP contribution in [0.5, 0.6) is 11.5 Å². The first-order chi connectivity index (χ1) is 14.3. The normalized spacial score (nSPS) is 10.9. The highest BCUT2D eigenvalue weighted by Gasteiger charge is 2.18. The zero-order chi connectivity index (χ0) is 21.7. The number of sulfonamides is 1. The molecule has 0 bridgehead atoms. The highest BCUT2D eigenvalue weighted by atomic mass is 32.2. The van der Waals surface area contributed by atoms with E-state index in [1.807, 2.05) is 0 Å². The van der Waals surface area contributed by atoms with Crippen molar-refractivity contribution in [3.8, 4) is 11.5 Å². The van der Waals surface area contributed by atoms with Gasteiger partial charge in [0.05, 0.1) is 24.8 Å². The lowest BCUT2D eigenvalue weighted by atomic mass is 10.2. The second-order valence-corrected chi connectivity index (χ2v) is 7.84. The molecule has 2 N–H and O–H groups in total. The largest absolute Gasteiger partial charge is 0.497 e. The molecule has 0 unspecified atom stereocenters. The van der Waals surface area contributed by atoms with Crippen LogP contribution >= 0.6 is 0 Å². The number of rotatable bonds is 7. The molecule has 0 aromatic heterocycles. The highest BCUT2D eigenvalue weighted by molar-refractivity contribution is 7.92. The van der Waals surface area contributed by atoms with Crippen LogP contribution in [-0.2, 0) is 10.0 Å². The van der Waals surface area contributed by atoms with Gasteiger partial charge in [0.1, 0.15) is 17.3 Å². The number of carbonyl (C=O) groups is 1. The van der Waals surface area contributed by atoms with Gasteiger partial charge in [-0.3, -0.25) is 9.52 Å². The summed E-state index contributed by atoms with van der Waals surface area (Å²) in [6.45, 7) is 0. The van der Waals surface area contributed by atoms with Crippen molar-refractivity contribution in [2.75, 3.05) is 24.3 Å². The second kappa shape index (κ2) is 8.83. The van der Waals surface area contributed by atoms with Crippen LogP contribution in [0.3, 0.4) is 0 Å². The van der Waals surface area contributed by atoms with E-state index in [1.54, 1.807) is 24.3 Å². The van der Waals surface area contributed by atoms with Crippen molar-refractivity contribution in [2.45, 2.75) is 4.90 Å². The smallest absolute Gasteiger partial charge is 0.261 e. The summed E-state index contributed by atoms with van der Waals surface area (Å²) in [6.07, 6.45) is 0. The van der Waals surface area contributed by atoms with Crippen molar-refractivity contribution in [1.82, 2.24) is 0 Å². The molecule has 0 aliphatic rings. The fraction of sp³-hybridized carbons (Fsp3) is 0.0952. The summed E-state index contributed by atoms with van der Waals surface area (Å²) in [5, 5.41) is 2.59. The quantitative estimate of drug-likeness (QED) is 0.593. The van der Waals surface area contributed by atoms with Gasteiger partial charge in [0.25, 0.3) is 15.9 Å². The molecule has 3 aromatic carbocycles. The van der Waals surface area contributed by atoms with Crippen LogP contribution in [0.15, 0.2) is 71.6 Å². The number of amides is 1. The zero-order valence-corrected chi connectivity index (χ0v) is 17.0. The SMILES string of the molecule is COc1ccc(NS(=O)(=O)c2ccc(OC)c(NC(=O)c3ccc(F)cc3)c2)cc1. The van der Waals surface area contributed by atoms with E-state index in [2.05, 4.69) is 10.0 Å². The van der Waals surface area contributed by atoms with Gasteiger partial charge < -0.3 is 14.8 Å². The Morgan fingerprint density at radius 2 is 1.57 bits per heavy atom. The third kappa shape index (κ3) is 4.87. The first-order valence-corrected chi connectivity index (χ1v) is 10.2. The first-order valence-electron chi connectivity index (χ1n) is 8.74. The highest BCUT2D eigenvalue weighted by Crippen LogP contribution is 2.29. The molecule has 156 valence electrons. The molecule has 3 aromatic rings. The standard InChI is InChI=1S/C21H19FN2O5S/c1-28-17-9-7-16(8-10-17)24-30(26,27)18-11-12-20(29-2)19(13-18)23-21(25)14-3-5-15(22)6-4-14/h3-13,24H,1-2H3,(H,23,25). The Balaban J connectivity index is 1.86. The molecule has 1 amide bonds. The summed E-state index contributed by atoms with van der Waals surface area (Å²) in [5.41, 5.74) is 0.719. The predicted molar refractivity (Wildman–Crippen MR) is 111 cm³/mol. The molecule has 0 radical (unpaired) electrons. The van der Waals surface area contributed by atoms with Crippen molar-refractivity contribution < 1.29 is 27.1 Å². The fourth-order valence-electron chi connectivity index (χ4n) is 2.62. The number of nitrogens with one attached hydrogen (secondary N) is 2. The molecule has 0 aliphatic carbocycles. The molecule has 0 aliphatic heterocycles. The summed E-state index contributed by atoms with van der Waals surface area (Å²) < 4.78 is 51.3. The maximum Gasteiger partial charge on any atom is 0.261 e. The molecule has 0 saturated carbocycles. The maximum absolute atomic E-state index is 13.1. The zero-order valence-electron chi connectivity index (χ0n) is 16.2. The number of anilines is 2. The lowest BCUT2D eigenvalue weighted by molar-refractivity contribution is 0.102. The second-order valence-electron chi connectivity index (χ2n) is 6.16. The Morgan fingerprint density at radius 3 is 2.17 bits per heavy atom. The average Bonchev–Trinajstić information content (AvgIpc) is 2.74. The summed E-state index contributed by atoms with van der Waals surface area (Å²) in [4.78, 5) is 12.4. The summed E-state index contributed by atoms with van der Waals surface area (Å²) in [6, 6.07) is 15.4. The molecule has 3 rings (SSSR count). The third-order valence-corrected chi connectivity index (χ3v) is 5.56. The molecule has 0 spiro atoms. The van der Waals surface area contributed by atoms with E-state index in [1.165, 1.54) is 44.6 Å². The van der Waals surface area contributed by atoms with Gasteiger partial charge >= 0.3 is 0 Å². The van der Waals surface area contributed by atoms with Gasteiger partial charge in [0.2, 0.25) is 0 Å². The Morgan fingerprint density at radius 1 is 0.900 bits per heavy atom. The molecular weight excluding hydrogens is 411 g/mol. The van der Waals surface area contributed by atoms with Gasteiger partial charge in [-0.05, 0) is 66.7 Å². The Kier molecular flexibility index (Phi) is 6.22. The van der Waals surface area contributed by atoms with Crippen molar-refractivity contribution >= 4 is 27.3 Å². The van der Waals surface area contributed by atoms with Crippen molar-refractivity contribution in [2.24, 2.45) is 0 Å². The minimum atomic E-state index is -3.93. The number of benzene rings is 3. The monoisotopic (exact) mass is 430 g/mol. The van der Waals surface area contributed by atoms with E-state index in [0.717, 1.165) is 12.1 Å². The fourth-order valence-corrected chi connectivity index (χ4v) is 3.71. The van der Waals surface area contributed by atoms with E-state index in [0.29, 0.717) is 11.4 Å². The Labute approximate surface area is 173 Å². The topological polar surface area (TPSA) is 93.7 Å². The van der Waals surface area contributed by atoms with Gasteiger partial charge in [-0.15, -0.1) is 0 Å². The van der Waals surface area contributed by atoms with Crippen molar-refractivity contribution in [1.29, 1.82) is 0 Å². The lowest BCUT2D eigenvalue weighted by Crippen LogP contribution is -2.15. The maximum atomic E-state index is 13.1. The van der Waals surface area contributed by atoms with E-state index < -0.39 is 21.7 Å². The average molecular weight is 430 g/mol. The van der Waals surface area contributed by atoms with E-state index in [-0.39, 0.29) is 21.9 Å². The molecule has 30 heavy (non-hydrogen) atoms. The minimum Gasteiger partial charge on any atom is -0.497 e. The molecule has 0 saturated heterocycles. The number of ether oxygens (including phenoxy) is 2. The molecule has 0 atom stereocenters. The van der Waals surface area contributed by atoms with Gasteiger partial charge in [0, 0.05) is 11.3 Å². The summed E-state index contributed by atoms with van der Waals surface area (Å²) >= 11 is 0. The van der Waals surface area contributed by atoms with E-state index in [4.69, 9.17) is 9.47 Å². The van der Waals surface area contributed by atoms with Crippen LogP contribution < -0.4 is 19.5 Å². The van der Waals surface area contributed by atoms with Crippen LogP contribution in [0.4, 0.5) is 15.8 Å². The van der Waals surface area contributed by atoms with Gasteiger partial charge in [-0.2, -0.15) is 0 Å². The Hall–Kier alpha value is -3.59. The minimum absolute atomic E-state index is 0.0754. The first kappa shape index (κ1) is 21.1. The van der Waals surface area contributed by atoms with Crippen LogP contribution in [0.2, 0.25) is 0 Å². The number of methoxy groups -OCH3 is 2. The van der Waals surface area contributed by atoms with Crippen molar-refractivity contribution in [3.05, 3.63) is 78.1 Å². The lowest BCUT2D eigenvalue weighted by Gasteiger charge is -2.14. The molecule has 7 nitrogen and oxygen atoms in total. The number of halogens is 1. The van der Waals surface area contributed by atoms with Crippen molar-refractivity contribution in [3.63, 3.8) is 0 Å².